The fourth-order valence-electron chi connectivity index (χ4n) is 1.89. The van der Waals surface area contributed by atoms with E-state index < -0.39 is 6.10 Å². The van der Waals surface area contributed by atoms with Crippen molar-refractivity contribution in [1.82, 2.24) is 5.43 Å². The molecule has 0 saturated carbocycles. The summed E-state index contributed by atoms with van der Waals surface area (Å²) in [5.74, 6) is -0.236. The van der Waals surface area contributed by atoms with Gasteiger partial charge in [0.15, 0.2) is 0 Å². The molecule has 0 fully saturated rings. The van der Waals surface area contributed by atoms with Gasteiger partial charge in [-0.15, -0.1) is 0 Å². The Balaban J connectivity index is 1.75. The molecule has 5 heteroatoms. The molecule has 2 aromatic rings. The van der Waals surface area contributed by atoms with Crippen LogP contribution >= 0.6 is 11.6 Å². The topological polar surface area (TPSA) is 61.7 Å². The van der Waals surface area contributed by atoms with E-state index in [1.807, 2.05) is 30.3 Å². The molecule has 0 aromatic heterocycles. The average molecular weight is 317 g/mol. The van der Waals surface area contributed by atoms with Crippen molar-refractivity contribution in [3.05, 3.63) is 70.7 Å². The van der Waals surface area contributed by atoms with Gasteiger partial charge in [-0.3, -0.25) is 4.79 Å². The van der Waals surface area contributed by atoms with E-state index >= 15 is 0 Å². The van der Waals surface area contributed by atoms with Crippen LogP contribution < -0.4 is 5.43 Å². The van der Waals surface area contributed by atoms with Gasteiger partial charge in [0.05, 0.1) is 12.3 Å². The molecule has 1 amide bonds. The molecular formula is C17H17ClN2O2. The molecule has 0 bridgehead atoms. The monoisotopic (exact) mass is 316 g/mol. The Morgan fingerprint density at radius 1 is 1.18 bits per heavy atom. The number of aliphatic hydroxyl groups excluding tert-OH is 1. The number of halogens is 1. The number of hydrogen-bond donors (Lipinski definition) is 2. The quantitative estimate of drug-likeness (QED) is 0.634. The average Bonchev–Trinajstić information content (AvgIpc) is 2.55. The summed E-state index contributed by atoms with van der Waals surface area (Å²) in [7, 11) is 0. The molecule has 0 aliphatic carbocycles. The highest BCUT2D eigenvalue weighted by molar-refractivity contribution is 6.30. The van der Waals surface area contributed by atoms with Crippen molar-refractivity contribution in [2.75, 3.05) is 0 Å². The Kier molecular flexibility index (Phi) is 6.13. The lowest BCUT2D eigenvalue weighted by atomic mass is 10.1. The second-order valence-corrected chi connectivity index (χ2v) is 5.25. The minimum atomic E-state index is -0.646. The molecule has 2 rings (SSSR count). The first kappa shape index (κ1) is 16.2. The normalized spacial score (nSPS) is 12.3. The predicted octanol–water partition coefficient (Wildman–Crippen LogP) is 3.30. The van der Waals surface area contributed by atoms with Crippen LogP contribution in [0, 0.1) is 0 Å². The van der Waals surface area contributed by atoms with Crippen LogP contribution in [0.5, 0.6) is 0 Å². The largest absolute Gasteiger partial charge is 0.388 e. The Hall–Kier alpha value is -2.17. The molecule has 114 valence electrons. The molecule has 0 aliphatic heterocycles. The van der Waals surface area contributed by atoms with Crippen LogP contribution in [0.15, 0.2) is 59.7 Å². The molecule has 4 nitrogen and oxygen atoms in total. The van der Waals surface area contributed by atoms with E-state index in [9.17, 15) is 9.90 Å². The number of amides is 1. The second-order valence-electron chi connectivity index (χ2n) is 4.81. The minimum absolute atomic E-state index is 0.202. The Morgan fingerprint density at radius 2 is 1.86 bits per heavy atom. The van der Waals surface area contributed by atoms with E-state index in [-0.39, 0.29) is 12.3 Å². The third-order valence-corrected chi connectivity index (χ3v) is 3.35. The Morgan fingerprint density at radius 3 is 2.55 bits per heavy atom. The van der Waals surface area contributed by atoms with E-state index in [0.717, 1.165) is 11.1 Å². The standard InChI is InChI=1S/C17H17ClN2O2/c18-15-8-6-13(7-9-15)12-19-20-17(22)11-10-16(21)14-4-2-1-3-5-14/h1-9,12,16,21H,10-11H2,(H,20,22)/b19-12-/t16-/m1/s1. The number of hydrogen-bond acceptors (Lipinski definition) is 3. The summed E-state index contributed by atoms with van der Waals surface area (Å²) in [4.78, 5) is 11.7. The summed E-state index contributed by atoms with van der Waals surface area (Å²) in [6.07, 6.45) is 1.45. The molecule has 0 spiro atoms. The van der Waals surface area contributed by atoms with Gasteiger partial charge in [-0.2, -0.15) is 5.10 Å². The lowest BCUT2D eigenvalue weighted by molar-refractivity contribution is -0.121. The molecule has 2 aromatic carbocycles. The van der Waals surface area contributed by atoms with Crippen molar-refractivity contribution in [3.8, 4) is 0 Å². The highest BCUT2D eigenvalue weighted by atomic mass is 35.5. The van der Waals surface area contributed by atoms with Crippen molar-refractivity contribution in [2.24, 2.45) is 5.10 Å². The summed E-state index contributed by atoms with van der Waals surface area (Å²) in [6, 6.07) is 16.4. The van der Waals surface area contributed by atoms with E-state index in [0.29, 0.717) is 11.4 Å². The summed E-state index contributed by atoms with van der Waals surface area (Å²) < 4.78 is 0. The van der Waals surface area contributed by atoms with Gasteiger partial charge in [-0.25, -0.2) is 5.43 Å². The fourth-order valence-corrected chi connectivity index (χ4v) is 2.02. The first-order valence-corrected chi connectivity index (χ1v) is 7.33. The summed E-state index contributed by atoms with van der Waals surface area (Å²) in [6.45, 7) is 0. The predicted molar refractivity (Wildman–Crippen MR) is 87.8 cm³/mol. The number of nitrogens with zero attached hydrogens (tertiary/aromatic N) is 1. The SMILES string of the molecule is O=C(CC[C@@H](O)c1ccccc1)N/N=C\c1ccc(Cl)cc1. The fraction of sp³-hybridized carbons (Fsp3) is 0.176. The lowest BCUT2D eigenvalue weighted by Crippen LogP contribution is -2.18. The number of carbonyl (C=O) groups excluding carboxylic acids is 1. The maximum Gasteiger partial charge on any atom is 0.240 e. The van der Waals surface area contributed by atoms with E-state index in [2.05, 4.69) is 10.5 Å². The molecule has 0 heterocycles. The molecule has 0 unspecified atom stereocenters. The van der Waals surface area contributed by atoms with Crippen molar-refractivity contribution in [3.63, 3.8) is 0 Å². The maximum atomic E-state index is 11.7. The number of rotatable bonds is 6. The third kappa shape index (κ3) is 5.31. The maximum absolute atomic E-state index is 11.7. The van der Waals surface area contributed by atoms with Crippen molar-refractivity contribution in [1.29, 1.82) is 0 Å². The van der Waals surface area contributed by atoms with Gasteiger partial charge in [0, 0.05) is 11.4 Å². The van der Waals surface area contributed by atoms with Gasteiger partial charge < -0.3 is 5.11 Å². The zero-order chi connectivity index (χ0) is 15.8. The number of aliphatic hydroxyl groups is 1. The molecule has 0 aliphatic rings. The number of benzene rings is 2. The highest BCUT2D eigenvalue weighted by Crippen LogP contribution is 2.17. The van der Waals surface area contributed by atoms with Gasteiger partial charge in [0.1, 0.15) is 0 Å². The number of nitrogens with one attached hydrogen (secondary N) is 1. The summed E-state index contributed by atoms with van der Waals surface area (Å²) in [5, 5.41) is 14.5. The van der Waals surface area contributed by atoms with Crippen LogP contribution in [0.2, 0.25) is 5.02 Å². The van der Waals surface area contributed by atoms with Crippen molar-refractivity contribution >= 4 is 23.7 Å². The molecule has 0 saturated heterocycles. The summed E-state index contributed by atoms with van der Waals surface area (Å²) in [5.41, 5.74) is 4.09. The smallest absolute Gasteiger partial charge is 0.240 e. The third-order valence-electron chi connectivity index (χ3n) is 3.10. The van der Waals surface area contributed by atoms with Crippen LogP contribution in [0.25, 0.3) is 0 Å². The zero-order valence-corrected chi connectivity index (χ0v) is 12.7. The lowest BCUT2D eigenvalue weighted by Gasteiger charge is -2.09. The van der Waals surface area contributed by atoms with Crippen molar-refractivity contribution < 1.29 is 9.90 Å². The minimum Gasteiger partial charge on any atom is -0.388 e. The van der Waals surface area contributed by atoms with Gasteiger partial charge in [-0.05, 0) is 29.7 Å². The van der Waals surface area contributed by atoms with Crippen LogP contribution in [0.4, 0.5) is 0 Å². The molecule has 1 atom stereocenters. The van der Waals surface area contributed by atoms with Crippen molar-refractivity contribution in [2.45, 2.75) is 18.9 Å². The second kappa shape index (κ2) is 8.32. The zero-order valence-electron chi connectivity index (χ0n) is 11.9. The molecule has 22 heavy (non-hydrogen) atoms. The van der Waals surface area contributed by atoms with Crippen LogP contribution in [-0.2, 0) is 4.79 Å². The molecule has 0 radical (unpaired) electrons. The van der Waals surface area contributed by atoms with E-state index in [1.54, 1.807) is 30.5 Å². The Labute approximate surface area is 134 Å². The summed E-state index contributed by atoms with van der Waals surface area (Å²) >= 11 is 5.78. The van der Waals surface area contributed by atoms with Crippen LogP contribution in [0.3, 0.4) is 0 Å². The van der Waals surface area contributed by atoms with Gasteiger partial charge in [0.2, 0.25) is 5.91 Å². The first-order chi connectivity index (χ1) is 10.6. The van der Waals surface area contributed by atoms with Crippen LogP contribution in [-0.4, -0.2) is 17.2 Å². The Bertz CT molecular complexity index is 627. The highest BCUT2D eigenvalue weighted by Gasteiger charge is 2.09. The van der Waals surface area contributed by atoms with Gasteiger partial charge in [-0.1, -0.05) is 54.1 Å². The number of hydrazone groups is 1. The molecule has 2 N–H and O–H groups in total. The van der Waals surface area contributed by atoms with E-state index in [4.69, 9.17) is 11.6 Å². The number of carbonyl (C=O) groups is 1. The first-order valence-electron chi connectivity index (χ1n) is 6.95. The van der Waals surface area contributed by atoms with E-state index in [1.165, 1.54) is 0 Å². The van der Waals surface area contributed by atoms with Gasteiger partial charge >= 0.3 is 0 Å². The van der Waals surface area contributed by atoms with Gasteiger partial charge in [0.25, 0.3) is 0 Å². The van der Waals surface area contributed by atoms with Crippen LogP contribution in [0.1, 0.15) is 30.1 Å². The molecular weight excluding hydrogens is 300 g/mol.